The van der Waals surface area contributed by atoms with Crippen LogP contribution in [0.5, 0.6) is 0 Å². The van der Waals surface area contributed by atoms with E-state index in [0.29, 0.717) is 0 Å². The Hall–Kier alpha value is -0.620. The average Bonchev–Trinajstić information content (AvgIpc) is 1.88. The lowest BCUT2D eigenvalue weighted by atomic mass is 10.3. The lowest BCUT2D eigenvalue weighted by Crippen LogP contribution is -2.10. The van der Waals surface area contributed by atoms with Gasteiger partial charge in [0.25, 0.3) is 0 Å². The number of hydrogen-bond acceptors (Lipinski definition) is 4. The second-order valence-corrected chi connectivity index (χ2v) is 3.85. The largest absolute Gasteiger partial charge is 0.218 e. The van der Waals surface area contributed by atoms with Crippen LogP contribution < -0.4 is 0 Å². The third-order valence-corrected chi connectivity index (χ3v) is 3.04. The minimum atomic E-state index is -2.42. The van der Waals surface area contributed by atoms with E-state index in [0.717, 1.165) is 0 Å². The van der Waals surface area contributed by atoms with Crippen molar-refractivity contribution in [1.82, 2.24) is 0 Å². The summed E-state index contributed by atoms with van der Waals surface area (Å²) in [7, 11) is -4.84. The van der Waals surface area contributed by atoms with Crippen LogP contribution >= 0.6 is 0 Å². The van der Waals surface area contributed by atoms with Crippen LogP contribution in [0.4, 0.5) is 0 Å². The molecule has 0 bridgehead atoms. The van der Waals surface area contributed by atoms with Gasteiger partial charge in [0.05, 0.1) is 9.73 Å². The van der Waals surface area contributed by atoms with Crippen molar-refractivity contribution in [2.75, 3.05) is 0 Å². The lowest BCUT2D eigenvalue weighted by molar-refractivity contribution is 0.624. The highest BCUT2D eigenvalue weighted by atomic mass is 32.2. The Kier molecular flexibility index (Phi) is 4.06. The summed E-state index contributed by atoms with van der Waals surface area (Å²) in [6, 6.07) is 0. The van der Waals surface area contributed by atoms with Crippen LogP contribution in [0.25, 0.3) is 0 Å². The van der Waals surface area contributed by atoms with Gasteiger partial charge in [-0.25, -0.2) is 0 Å². The smallest absolute Gasteiger partial charge is 0.184 e. The molecule has 0 aromatic heterocycles. The first-order valence-electron chi connectivity index (χ1n) is 2.89. The van der Waals surface area contributed by atoms with Crippen molar-refractivity contribution in [2.45, 2.75) is 20.3 Å². The Labute approximate surface area is 67.9 Å². The Morgan fingerprint density at radius 2 is 1.55 bits per heavy atom. The van der Waals surface area contributed by atoms with E-state index in [1.165, 1.54) is 6.92 Å². The maximum Gasteiger partial charge on any atom is 0.218 e. The van der Waals surface area contributed by atoms with E-state index in [-0.39, 0.29) is 16.1 Å². The van der Waals surface area contributed by atoms with E-state index in [9.17, 15) is 16.8 Å². The molecule has 0 fully saturated rings. The van der Waals surface area contributed by atoms with Gasteiger partial charge in [0.15, 0.2) is 0 Å². The molecule has 0 N–H and O–H groups in total. The predicted molar refractivity (Wildman–Crippen MR) is 43.8 cm³/mol. The highest BCUT2D eigenvalue weighted by Crippen LogP contribution is 1.85. The Morgan fingerprint density at radius 1 is 1.09 bits per heavy atom. The van der Waals surface area contributed by atoms with Crippen LogP contribution in [0.1, 0.15) is 20.3 Å². The van der Waals surface area contributed by atoms with E-state index in [1.807, 2.05) is 0 Å². The third-order valence-electron chi connectivity index (χ3n) is 1.16. The molecule has 0 aliphatic carbocycles. The molecule has 64 valence electrons. The first kappa shape index (κ1) is 10.4. The SMILES string of the molecule is CCC(C(C)=S(=O)=O)=S(=O)=O. The zero-order valence-corrected chi connectivity index (χ0v) is 7.79. The van der Waals surface area contributed by atoms with Gasteiger partial charge in [-0.3, -0.25) is 0 Å². The number of rotatable bonds is 2. The normalized spacial score (nSPS) is 8.91. The molecule has 0 aromatic rings. The first-order valence-corrected chi connectivity index (χ1v) is 5.04. The summed E-state index contributed by atoms with van der Waals surface area (Å²) in [6.45, 7) is 2.85. The van der Waals surface area contributed by atoms with Crippen molar-refractivity contribution in [3.05, 3.63) is 0 Å². The minimum Gasteiger partial charge on any atom is -0.184 e. The molecule has 0 saturated heterocycles. The summed E-state index contributed by atoms with van der Waals surface area (Å²) in [5.74, 6) is 0. The highest BCUT2D eigenvalue weighted by molar-refractivity contribution is 7.82. The summed E-state index contributed by atoms with van der Waals surface area (Å²) in [5.41, 5.74) is 0. The van der Waals surface area contributed by atoms with Gasteiger partial charge in [-0.2, -0.15) is 16.8 Å². The van der Waals surface area contributed by atoms with E-state index in [4.69, 9.17) is 0 Å². The summed E-state index contributed by atoms with van der Waals surface area (Å²) < 4.78 is 41.2. The predicted octanol–water partition coefficient (Wildman–Crippen LogP) is -0.481. The molecule has 0 aliphatic heterocycles. The van der Waals surface area contributed by atoms with Crippen LogP contribution in [0, 0.1) is 0 Å². The number of hydrogen-bond donors (Lipinski definition) is 0. The van der Waals surface area contributed by atoms with Gasteiger partial charge in [0, 0.05) is 0 Å². The van der Waals surface area contributed by atoms with Gasteiger partial charge < -0.3 is 0 Å². The lowest BCUT2D eigenvalue weighted by Gasteiger charge is -1.89. The van der Waals surface area contributed by atoms with Crippen molar-refractivity contribution in [3.63, 3.8) is 0 Å². The molecule has 0 rings (SSSR count). The minimum absolute atomic E-state index is 0.0571. The fourth-order valence-corrected chi connectivity index (χ4v) is 1.79. The summed E-state index contributed by atoms with van der Waals surface area (Å²) in [6.07, 6.45) is 0.204. The Balaban J connectivity index is 5.57. The third kappa shape index (κ3) is 2.85. The van der Waals surface area contributed by atoms with E-state index < -0.39 is 20.6 Å². The van der Waals surface area contributed by atoms with E-state index >= 15 is 0 Å². The topological polar surface area (TPSA) is 68.3 Å². The molecule has 0 aliphatic rings. The highest BCUT2D eigenvalue weighted by Gasteiger charge is 2.03. The van der Waals surface area contributed by atoms with Crippen molar-refractivity contribution >= 4 is 30.3 Å². The average molecular weight is 196 g/mol. The molecule has 0 heterocycles. The monoisotopic (exact) mass is 196 g/mol. The van der Waals surface area contributed by atoms with Crippen LogP contribution in [-0.2, 0) is 20.6 Å². The second-order valence-electron chi connectivity index (χ2n) is 1.80. The van der Waals surface area contributed by atoms with Gasteiger partial charge >= 0.3 is 0 Å². The summed E-state index contributed by atoms with van der Waals surface area (Å²) in [4.78, 5) is -0.167. The van der Waals surface area contributed by atoms with Gasteiger partial charge in [-0.05, 0) is 13.3 Å². The van der Waals surface area contributed by atoms with Crippen molar-refractivity contribution in [2.24, 2.45) is 0 Å². The Morgan fingerprint density at radius 3 is 1.64 bits per heavy atom. The van der Waals surface area contributed by atoms with Crippen LogP contribution in [0.3, 0.4) is 0 Å². The standard InChI is InChI=1S/C5H8O4S2/c1-3-5(11(8)9)4(2)10(6)7/h3H2,1-2H3. The fourth-order valence-electron chi connectivity index (χ4n) is 0.577. The van der Waals surface area contributed by atoms with Gasteiger partial charge in [-0.15, -0.1) is 0 Å². The van der Waals surface area contributed by atoms with Crippen LogP contribution in [0.2, 0.25) is 0 Å². The molecule has 4 nitrogen and oxygen atoms in total. The van der Waals surface area contributed by atoms with Crippen LogP contribution in [-0.4, -0.2) is 26.6 Å². The molecule has 0 unspecified atom stereocenters. The van der Waals surface area contributed by atoms with Crippen molar-refractivity contribution < 1.29 is 16.8 Å². The van der Waals surface area contributed by atoms with Gasteiger partial charge in [0.2, 0.25) is 20.6 Å². The second kappa shape index (κ2) is 4.30. The summed E-state index contributed by atoms with van der Waals surface area (Å²) >= 11 is 0. The molecule has 0 saturated carbocycles. The molecule has 0 spiro atoms. The maximum atomic E-state index is 10.3. The first-order chi connectivity index (χ1) is 5.00. The summed E-state index contributed by atoms with van der Waals surface area (Å²) in [5, 5.41) is 0. The molecule has 0 radical (unpaired) electrons. The molecular weight excluding hydrogens is 188 g/mol. The van der Waals surface area contributed by atoms with Crippen molar-refractivity contribution in [1.29, 1.82) is 0 Å². The molecule has 11 heavy (non-hydrogen) atoms. The maximum absolute atomic E-state index is 10.3. The van der Waals surface area contributed by atoms with E-state index in [1.54, 1.807) is 6.92 Å². The van der Waals surface area contributed by atoms with E-state index in [2.05, 4.69) is 0 Å². The van der Waals surface area contributed by atoms with Crippen molar-refractivity contribution in [3.8, 4) is 0 Å². The Bertz CT molecular complexity index is 380. The fraction of sp³-hybridized carbons (Fsp3) is 0.600. The van der Waals surface area contributed by atoms with Crippen LogP contribution in [0.15, 0.2) is 0 Å². The molecule has 0 atom stereocenters. The molecule has 0 aromatic carbocycles. The zero-order valence-electron chi connectivity index (χ0n) is 6.16. The zero-order chi connectivity index (χ0) is 9.02. The molecular formula is C5H8O4S2. The molecule has 0 amide bonds. The quantitative estimate of drug-likeness (QED) is 0.559. The van der Waals surface area contributed by atoms with Gasteiger partial charge in [0.1, 0.15) is 0 Å². The van der Waals surface area contributed by atoms with Gasteiger partial charge in [-0.1, -0.05) is 6.92 Å². The molecule has 6 heteroatoms.